The Balaban J connectivity index is 1.82. The van der Waals surface area contributed by atoms with Gasteiger partial charge in [-0.15, -0.1) is 0 Å². The molecule has 2 heterocycles. The molecule has 0 saturated carbocycles. The van der Waals surface area contributed by atoms with Crippen LogP contribution >= 0.6 is 20.8 Å². The number of nitrogens with zero attached hydrogens (tertiary/aromatic N) is 1. The molecule has 0 bridgehead atoms. The molecule has 0 aliphatic carbocycles. The number of aromatic amines is 1. The summed E-state index contributed by atoms with van der Waals surface area (Å²) in [5, 5.41) is 0.158. The molecule has 31 heavy (non-hydrogen) atoms. The Morgan fingerprint density at radius 3 is 2.74 bits per heavy atom. The third kappa shape index (κ3) is 8.09. The number of aromatic nitrogens is 2. The van der Waals surface area contributed by atoms with Gasteiger partial charge >= 0.3 is 5.69 Å². The van der Waals surface area contributed by atoms with E-state index in [1.54, 1.807) is 0 Å². The maximum absolute atomic E-state index is 12.2. The maximum atomic E-state index is 12.2. The van der Waals surface area contributed by atoms with Gasteiger partial charge in [-0.05, 0) is 6.42 Å². The summed E-state index contributed by atoms with van der Waals surface area (Å²) in [7, 11) is 1.28. The standard InChI is InChI=1S/C19H31N2O8PS/c1-4-6-13-16(29-30-27-10-9-26-11-12-31-15(23)5-2)17(25-3)18(28-13)21-8-7-14(22)20-19(21)24/h7-8,13,16-18,30H,4-6,9-12H2,1-3H3,(H,20,22,24). The van der Waals surface area contributed by atoms with Crippen LogP contribution in [-0.2, 0) is 28.1 Å². The Bertz CT molecular complexity index is 789. The third-order valence-electron chi connectivity index (χ3n) is 4.61. The second kappa shape index (κ2) is 14.2. The molecular formula is C19H31N2O8PS. The van der Waals surface area contributed by atoms with Gasteiger partial charge in [0.25, 0.3) is 5.56 Å². The van der Waals surface area contributed by atoms with Crippen LogP contribution in [0.4, 0.5) is 0 Å². The zero-order valence-corrected chi connectivity index (χ0v) is 19.9. The molecule has 1 aliphatic rings. The molecule has 10 nitrogen and oxygen atoms in total. The highest BCUT2D eigenvalue weighted by molar-refractivity contribution is 8.13. The Labute approximate surface area is 187 Å². The van der Waals surface area contributed by atoms with Gasteiger partial charge in [-0.3, -0.25) is 19.1 Å². The predicted octanol–water partition coefficient (Wildman–Crippen LogP) is 1.85. The van der Waals surface area contributed by atoms with Gasteiger partial charge in [-0.1, -0.05) is 32.0 Å². The van der Waals surface area contributed by atoms with Gasteiger partial charge in [-0.2, -0.15) is 0 Å². The van der Waals surface area contributed by atoms with Crippen LogP contribution in [0.2, 0.25) is 0 Å². The number of hydrogen-bond acceptors (Lipinski definition) is 9. The normalized spacial score (nSPS) is 23.7. The first-order valence-electron chi connectivity index (χ1n) is 10.3. The molecule has 176 valence electrons. The van der Waals surface area contributed by atoms with E-state index in [2.05, 4.69) is 4.98 Å². The van der Waals surface area contributed by atoms with Crippen LogP contribution in [0, 0.1) is 0 Å². The Morgan fingerprint density at radius 1 is 1.26 bits per heavy atom. The molecule has 5 atom stereocenters. The highest BCUT2D eigenvalue weighted by Crippen LogP contribution is 2.37. The molecule has 0 aromatic carbocycles. The minimum absolute atomic E-state index is 0.158. The van der Waals surface area contributed by atoms with Gasteiger partial charge in [0.05, 0.1) is 25.9 Å². The molecule has 2 rings (SSSR count). The predicted molar refractivity (Wildman–Crippen MR) is 119 cm³/mol. The highest BCUT2D eigenvalue weighted by Gasteiger charge is 2.46. The van der Waals surface area contributed by atoms with Gasteiger partial charge < -0.3 is 23.3 Å². The molecule has 1 fully saturated rings. The molecular weight excluding hydrogens is 447 g/mol. The fourth-order valence-electron chi connectivity index (χ4n) is 3.12. The fraction of sp³-hybridized carbons (Fsp3) is 0.737. The number of carbonyl (C=O) groups is 1. The Hall–Kier alpha value is -1.07. The fourth-order valence-corrected chi connectivity index (χ4v) is 4.38. The van der Waals surface area contributed by atoms with Crippen molar-refractivity contribution >= 4 is 25.9 Å². The number of methoxy groups -OCH3 is 1. The van der Waals surface area contributed by atoms with E-state index >= 15 is 0 Å². The third-order valence-corrected chi connectivity index (χ3v) is 6.28. The summed E-state index contributed by atoms with van der Waals surface area (Å²) in [6.45, 7) is 5.11. The summed E-state index contributed by atoms with van der Waals surface area (Å²) in [4.78, 5) is 37.0. The average Bonchev–Trinajstić information content (AvgIpc) is 3.09. The Kier molecular flexibility index (Phi) is 12.0. The van der Waals surface area contributed by atoms with Crippen LogP contribution < -0.4 is 11.2 Å². The summed E-state index contributed by atoms with van der Waals surface area (Å²) >= 11 is 1.27. The molecule has 1 aromatic rings. The minimum Gasteiger partial charge on any atom is -0.378 e. The smallest absolute Gasteiger partial charge is 0.330 e. The van der Waals surface area contributed by atoms with Crippen LogP contribution in [0.25, 0.3) is 0 Å². The number of H-pyrrole nitrogens is 1. The number of rotatable bonds is 14. The van der Waals surface area contributed by atoms with Crippen molar-refractivity contribution in [1.82, 2.24) is 9.55 Å². The first-order chi connectivity index (χ1) is 15.0. The minimum atomic E-state index is -0.715. The van der Waals surface area contributed by atoms with E-state index < -0.39 is 29.7 Å². The van der Waals surface area contributed by atoms with Crippen LogP contribution in [0.15, 0.2) is 21.9 Å². The summed E-state index contributed by atoms with van der Waals surface area (Å²) < 4.78 is 29.8. The molecule has 1 aliphatic heterocycles. The second-order valence-corrected chi connectivity index (χ2v) is 8.62. The van der Waals surface area contributed by atoms with E-state index in [4.69, 9.17) is 23.3 Å². The highest BCUT2D eigenvalue weighted by atomic mass is 32.2. The number of carbonyl (C=O) groups excluding carboxylic acids is 1. The summed E-state index contributed by atoms with van der Waals surface area (Å²) in [5.74, 6) is 0.630. The van der Waals surface area contributed by atoms with Gasteiger partial charge in [0, 0.05) is 31.5 Å². The molecule has 5 unspecified atom stereocenters. The van der Waals surface area contributed by atoms with Gasteiger partial charge in [0.1, 0.15) is 12.2 Å². The largest absolute Gasteiger partial charge is 0.378 e. The van der Waals surface area contributed by atoms with Crippen LogP contribution in [0.5, 0.6) is 0 Å². The second-order valence-electron chi connectivity index (χ2n) is 6.77. The van der Waals surface area contributed by atoms with E-state index in [1.807, 2.05) is 13.8 Å². The molecule has 0 spiro atoms. The quantitative estimate of drug-likeness (QED) is 0.316. The van der Waals surface area contributed by atoms with E-state index in [-0.39, 0.29) is 20.3 Å². The van der Waals surface area contributed by atoms with Crippen molar-refractivity contribution in [2.24, 2.45) is 0 Å². The van der Waals surface area contributed by atoms with Crippen molar-refractivity contribution in [3.63, 3.8) is 0 Å². The van der Waals surface area contributed by atoms with E-state index in [0.717, 1.165) is 12.8 Å². The van der Waals surface area contributed by atoms with Crippen molar-refractivity contribution in [1.29, 1.82) is 0 Å². The monoisotopic (exact) mass is 478 g/mol. The molecule has 1 aromatic heterocycles. The average molecular weight is 479 g/mol. The molecule has 0 amide bonds. The van der Waals surface area contributed by atoms with Crippen molar-refractivity contribution in [3.05, 3.63) is 33.1 Å². The zero-order valence-electron chi connectivity index (χ0n) is 18.0. The number of thioether (sulfide) groups is 1. The summed E-state index contributed by atoms with van der Waals surface area (Å²) in [6.07, 6.45) is 1.55. The van der Waals surface area contributed by atoms with Crippen molar-refractivity contribution in [2.75, 3.05) is 32.7 Å². The lowest BCUT2D eigenvalue weighted by Crippen LogP contribution is -2.38. The van der Waals surface area contributed by atoms with Crippen molar-refractivity contribution in [2.45, 2.75) is 57.6 Å². The van der Waals surface area contributed by atoms with Crippen LogP contribution in [-0.4, -0.2) is 65.7 Å². The zero-order chi connectivity index (χ0) is 22.6. The molecule has 1 saturated heterocycles. The van der Waals surface area contributed by atoms with Gasteiger partial charge in [0.15, 0.2) is 20.4 Å². The lowest BCUT2D eigenvalue weighted by atomic mass is 10.1. The van der Waals surface area contributed by atoms with Gasteiger partial charge in [0.2, 0.25) is 0 Å². The summed E-state index contributed by atoms with van der Waals surface area (Å²) in [5.41, 5.74) is -1.04. The first-order valence-corrected chi connectivity index (χ1v) is 12.1. The van der Waals surface area contributed by atoms with Crippen molar-refractivity contribution in [3.8, 4) is 0 Å². The first kappa shape index (κ1) is 26.2. The summed E-state index contributed by atoms with van der Waals surface area (Å²) in [6, 6.07) is 1.27. The topological polar surface area (TPSA) is 118 Å². The van der Waals surface area contributed by atoms with E-state index in [9.17, 15) is 14.4 Å². The molecule has 12 heteroatoms. The Morgan fingerprint density at radius 2 is 2.06 bits per heavy atom. The SMILES string of the molecule is CCCC1OC(n2ccc(=O)[nH]c2=O)C(OC)C1OPOCCOCCSC(=O)CC. The molecule has 0 radical (unpaired) electrons. The van der Waals surface area contributed by atoms with Crippen LogP contribution in [0.1, 0.15) is 39.3 Å². The number of ether oxygens (including phenoxy) is 3. The van der Waals surface area contributed by atoms with Crippen LogP contribution in [0.3, 0.4) is 0 Å². The van der Waals surface area contributed by atoms with Gasteiger partial charge in [-0.25, -0.2) is 4.79 Å². The number of nitrogens with one attached hydrogen (secondary N) is 1. The van der Waals surface area contributed by atoms with E-state index in [1.165, 1.54) is 35.7 Å². The molecule has 1 N–H and O–H groups in total. The van der Waals surface area contributed by atoms with Crippen molar-refractivity contribution < 1.29 is 28.1 Å². The van der Waals surface area contributed by atoms with E-state index in [0.29, 0.717) is 32.0 Å². The lowest BCUT2D eigenvalue weighted by molar-refractivity contribution is -0.110. The maximum Gasteiger partial charge on any atom is 0.330 e. The number of hydrogen-bond donors (Lipinski definition) is 1. The lowest BCUT2D eigenvalue weighted by Gasteiger charge is -2.23.